The van der Waals surface area contributed by atoms with Crippen LogP contribution in [-0.2, 0) is 12.0 Å². The number of hydrogen-bond donors (Lipinski definition) is 0. The van der Waals surface area contributed by atoms with E-state index in [2.05, 4.69) is 123 Å². The molecule has 40 heavy (non-hydrogen) atoms. The van der Waals surface area contributed by atoms with Gasteiger partial charge in [0, 0.05) is 35.6 Å². The lowest BCUT2D eigenvalue weighted by Gasteiger charge is -2.25. The topological polar surface area (TPSA) is 42.8 Å². The molecule has 1 unspecified atom stereocenters. The largest absolute Gasteiger partial charge is 0.416 e. The number of rotatable bonds is 14. The van der Waals surface area contributed by atoms with Crippen LogP contribution < -0.4 is 4.57 Å². The van der Waals surface area contributed by atoms with Crippen LogP contribution in [0.25, 0.3) is 34.2 Å². The molecule has 0 aliphatic carbocycles. The van der Waals surface area contributed by atoms with E-state index in [9.17, 15) is 0 Å². The van der Waals surface area contributed by atoms with Crippen molar-refractivity contribution in [2.24, 2.45) is 0 Å². The average Bonchev–Trinajstić information content (AvgIpc) is 3.47. The van der Waals surface area contributed by atoms with E-state index in [1.807, 2.05) is 6.08 Å². The molecule has 2 aromatic carbocycles. The number of benzene rings is 2. The third-order valence-electron chi connectivity index (χ3n) is 8.10. The second-order valence-corrected chi connectivity index (χ2v) is 11.5. The van der Waals surface area contributed by atoms with Gasteiger partial charge in [-0.15, -0.1) is 16.8 Å². The lowest BCUT2D eigenvalue weighted by atomic mass is 9.80. The maximum absolute atomic E-state index is 6.25. The van der Waals surface area contributed by atoms with Gasteiger partial charge >= 0.3 is 0 Å². The lowest BCUT2D eigenvalue weighted by molar-refractivity contribution is -0.686. The smallest absolute Gasteiger partial charge is 0.248 e. The summed E-state index contributed by atoms with van der Waals surface area (Å²) in [7, 11) is 0. The van der Waals surface area contributed by atoms with E-state index >= 15 is 0 Å². The van der Waals surface area contributed by atoms with Gasteiger partial charge in [-0.2, -0.15) is 4.57 Å². The molecule has 210 valence electrons. The molecular weight excluding hydrogens is 490 g/mol. The summed E-state index contributed by atoms with van der Waals surface area (Å²) in [5.41, 5.74) is 7.01. The van der Waals surface area contributed by atoms with Crippen molar-refractivity contribution in [1.82, 2.24) is 10.2 Å². The van der Waals surface area contributed by atoms with Gasteiger partial charge in [0.05, 0.1) is 5.56 Å². The van der Waals surface area contributed by atoms with Crippen LogP contribution in [0.3, 0.4) is 0 Å². The van der Waals surface area contributed by atoms with Crippen molar-refractivity contribution in [3.8, 4) is 34.2 Å². The van der Waals surface area contributed by atoms with Crippen molar-refractivity contribution >= 4 is 0 Å². The standard InChI is InChI=1S/C36H46N3O/c1-7-11-12-14-23-36(5,6)30-20-17-28(18-21-30)34-37-38-35(40-34)29-19-22-31(27(9-3)10-4)32(26-29)33-16-13-15-25-39(33)24-8-2/h9,13,15-22,25-27H,3,7-8,10-12,14,23-24H2,1-2,4-6H3/q+1. The predicted octanol–water partition coefficient (Wildman–Crippen LogP) is 9.70. The Morgan fingerprint density at radius 2 is 1.60 bits per heavy atom. The van der Waals surface area contributed by atoms with Gasteiger partial charge in [-0.05, 0) is 59.7 Å². The third-order valence-corrected chi connectivity index (χ3v) is 8.10. The average molecular weight is 537 g/mol. The second-order valence-electron chi connectivity index (χ2n) is 11.5. The Kier molecular flexibility index (Phi) is 10.1. The fraction of sp³-hybridized carbons (Fsp3) is 0.417. The molecule has 4 rings (SSSR count). The van der Waals surface area contributed by atoms with Crippen LogP contribution in [0.2, 0.25) is 0 Å². The number of allylic oxidation sites excluding steroid dienone is 1. The van der Waals surface area contributed by atoms with E-state index < -0.39 is 0 Å². The molecule has 0 aliphatic rings. The normalized spacial score (nSPS) is 12.4. The van der Waals surface area contributed by atoms with Crippen LogP contribution in [0.15, 0.2) is 83.9 Å². The van der Waals surface area contributed by atoms with E-state index in [1.54, 1.807) is 0 Å². The molecule has 4 aromatic rings. The Morgan fingerprint density at radius 1 is 0.875 bits per heavy atom. The minimum atomic E-state index is 0.151. The highest BCUT2D eigenvalue weighted by Crippen LogP contribution is 2.35. The molecule has 0 bridgehead atoms. The van der Waals surface area contributed by atoms with Gasteiger partial charge in [0.15, 0.2) is 6.20 Å². The van der Waals surface area contributed by atoms with Crippen LogP contribution in [-0.4, -0.2) is 10.2 Å². The molecule has 1 atom stereocenters. The first-order valence-corrected chi connectivity index (χ1v) is 15.1. The Bertz CT molecular complexity index is 1380. The van der Waals surface area contributed by atoms with E-state index in [0.717, 1.165) is 30.5 Å². The Morgan fingerprint density at radius 3 is 2.27 bits per heavy atom. The molecule has 0 saturated heterocycles. The highest BCUT2D eigenvalue weighted by molar-refractivity contribution is 5.70. The highest BCUT2D eigenvalue weighted by Gasteiger charge is 2.23. The molecule has 0 fully saturated rings. The number of aryl methyl sites for hydroxylation is 1. The number of aromatic nitrogens is 3. The van der Waals surface area contributed by atoms with Crippen LogP contribution in [0.1, 0.15) is 96.6 Å². The molecule has 4 nitrogen and oxygen atoms in total. The SMILES string of the molecule is C=CC(CC)c1ccc(-c2nnc(-c3ccc(C(C)(C)CCCCCC)cc3)o2)cc1-c1cccc[n+]1CCC. The second kappa shape index (κ2) is 13.7. The number of unbranched alkanes of at least 4 members (excludes halogenated alkanes) is 3. The van der Waals surface area contributed by atoms with E-state index in [-0.39, 0.29) is 11.3 Å². The molecule has 0 N–H and O–H groups in total. The molecular formula is C36H46N3O+. The first-order valence-electron chi connectivity index (χ1n) is 15.1. The van der Waals surface area contributed by atoms with E-state index in [4.69, 9.17) is 4.42 Å². The molecule has 0 amide bonds. The monoisotopic (exact) mass is 536 g/mol. The fourth-order valence-corrected chi connectivity index (χ4v) is 5.56. The maximum atomic E-state index is 6.25. The predicted molar refractivity (Wildman–Crippen MR) is 166 cm³/mol. The van der Waals surface area contributed by atoms with Crippen LogP contribution >= 0.6 is 0 Å². The summed E-state index contributed by atoms with van der Waals surface area (Å²) in [6.45, 7) is 16.4. The molecule has 0 aliphatic heterocycles. The van der Waals surface area contributed by atoms with Crippen LogP contribution in [0.5, 0.6) is 0 Å². The summed E-state index contributed by atoms with van der Waals surface area (Å²) in [5.74, 6) is 1.35. The van der Waals surface area contributed by atoms with Gasteiger partial charge < -0.3 is 4.42 Å². The van der Waals surface area contributed by atoms with Gasteiger partial charge in [0.2, 0.25) is 17.5 Å². The van der Waals surface area contributed by atoms with Crippen LogP contribution in [0.4, 0.5) is 0 Å². The van der Waals surface area contributed by atoms with Crippen molar-refractivity contribution in [3.63, 3.8) is 0 Å². The summed E-state index contributed by atoms with van der Waals surface area (Å²) in [4.78, 5) is 0. The van der Waals surface area contributed by atoms with Gasteiger partial charge in [-0.25, -0.2) is 0 Å². The van der Waals surface area contributed by atoms with Crippen molar-refractivity contribution in [2.75, 3.05) is 0 Å². The zero-order valence-corrected chi connectivity index (χ0v) is 25.1. The summed E-state index contributed by atoms with van der Waals surface area (Å²) in [5, 5.41) is 8.88. The van der Waals surface area contributed by atoms with Crippen molar-refractivity contribution in [3.05, 3.63) is 90.6 Å². The van der Waals surface area contributed by atoms with Crippen molar-refractivity contribution < 1.29 is 8.98 Å². The summed E-state index contributed by atoms with van der Waals surface area (Å²) >= 11 is 0. The quantitative estimate of drug-likeness (QED) is 0.0915. The zero-order valence-electron chi connectivity index (χ0n) is 25.1. The number of pyridine rings is 1. The summed E-state index contributed by atoms with van der Waals surface area (Å²) in [6, 6.07) is 21.5. The van der Waals surface area contributed by atoms with Gasteiger partial charge in [-0.1, -0.05) is 84.6 Å². The third kappa shape index (κ3) is 6.78. The minimum Gasteiger partial charge on any atom is -0.416 e. The molecule has 4 heteroatoms. The molecule has 2 aromatic heterocycles. The Hall–Kier alpha value is -3.53. The molecule has 0 saturated carbocycles. The highest BCUT2D eigenvalue weighted by atomic mass is 16.4. The maximum Gasteiger partial charge on any atom is 0.248 e. The number of hydrogen-bond acceptors (Lipinski definition) is 3. The van der Waals surface area contributed by atoms with E-state index in [1.165, 1.54) is 54.5 Å². The summed E-state index contributed by atoms with van der Waals surface area (Å²) in [6.07, 6.45) is 12.6. The first kappa shape index (κ1) is 29.5. The molecule has 0 radical (unpaired) electrons. The number of nitrogens with zero attached hydrogens (tertiary/aromatic N) is 3. The van der Waals surface area contributed by atoms with Crippen molar-refractivity contribution in [1.29, 1.82) is 0 Å². The van der Waals surface area contributed by atoms with Crippen molar-refractivity contribution in [2.45, 2.75) is 97.4 Å². The molecule has 0 spiro atoms. The van der Waals surface area contributed by atoms with Gasteiger partial charge in [0.25, 0.3) is 0 Å². The summed E-state index contributed by atoms with van der Waals surface area (Å²) < 4.78 is 8.57. The van der Waals surface area contributed by atoms with Crippen LogP contribution in [0, 0.1) is 0 Å². The van der Waals surface area contributed by atoms with E-state index in [0.29, 0.717) is 11.8 Å². The molecule has 2 heterocycles. The Balaban J connectivity index is 1.63. The fourth-order valence-electron chi connectivity index (χ4n) is 5.56. The van der Waals surface area contributed by atoms with Gasteiger partial charge in [-0.3, -0.25) is 0 Å². The zero-order chi connectivity index (χ0) is 28.5. The lowest BCUT2D eigenvalue weighted by Crippen LogP contribution is -2.35. The first-order chi connectivity index (χ1) is 19.4. The van der Waals surface area contributed by atoms with Gasteiger partial charge in [0.1, 0.15) is 6.54 Å². The minimum absolute atomic E-state index is 0.151. The Labute approximate surface area is 241 Å².